The summed E-state index contributed by atoms with van der Waals surface area (Å²) < 4.78 is 0. The van der Waals surface area contributed by atoms with Gasteiger partial charge in [0, 0.05) is 12.8 Å². The smallest absolute Gasteiger partial charge is 0.220 e. The summed E-state index contributed by atoms with van der Waals surface area (Å²) >= 11 is 0. The second kappa shape index (κ2) is 34.6. The van der Waals surface area contributed by atoms with Crippen LogP contribution in [0.15, 0.2) is 0 Å². The van der Waals surface area contributed by atoms with Gasteiger partial charge in [-0.15, -0.1) is 0 Å². The predicted octanol–water partition coefficient (Wildman–Crippen LogP) is 11.6. The van der Waals surface area contributed by atoms with Crippen molar-refractivity contribution in [1.82, 2.24) is 5.32 Å². The Labute approximate surface area is 263 Å². The van der Waals surface area contributed by atoms with E-state index in [2.05, 4.69) is 19.2 Å². The maximum absolute atomic E-state index is 12.5. The summed E-state index contributed by atoms with van der Waals surface area (Å²) in [5, 5.41) is 12.4. The van der Waals surface area contributed by atoms with Crippen LogP contribution in [0.2, 0.25) is 0 Å². The minimum Gasteiger partial charge on any atom is -0.394 e. The third-order valence-corrected chi connectivity index (χ3v) is 8.94. The second-order valence-electron chi connectivity index (χ2n) is 13.2. The normalized spacial score (nSPS) is 12.1. The van der Waals surface area contributed by atoms with E-state index in [0.29, 0.717) is 12.8 Å². The number of nitrogens with one attached hydrogen (secondary N) is 1. The first-order chi connectivity index (χ1) is 20.7. The third-order valence-electron chi connectivity index (χ3n) is 8.94. The maximum Gasteiger partial charge on any atom is 0.220 e. The molecular weight excluding hydrogens is 518 g/mol. The van der Waals surface area contributed by atoms with Gasteiger partial charge in [0.15, 0.2) is 5.78 Å². The lowest BCUT2D eigenvalue weighted by Crippen LogP contribution is -2.43. The number of aliphatic hydroxyl groups is 1. The van der Waals surface area contributed by atoms with Gasteiger partial charge in [0.1, 0.15) is 6.04 Å². The molecule has 1 amide bonds. The van der Waals surface area contributed by atoms with Crippen LogP contribution in [0.25, 0.3) is 0 Å². The van der Waals surface area contributed by atoms with Crippen LogP contribution in [0, 0.1) is 0 Å². The summed E-state index contributed by atoms with van der Waals surface area (Å²) in [7, 11) is 0. The van der Waals surface area contributed by atoms with E-state index in [1.165, 1.54) is 167 Å². The lowest BCUT2D eigenvalue weighted by atomic mass is 10.0. The molecule has 0 heterocycles. The lowest BCUT2D eigenvalue weighted by Gasteiger charge is -2.15. The number of carbonyl (C=O) groups excluding carboxylic acids is 2. The van der Waals surface area contributed by atoms with Crippen molar-refractivity contribution in [2.24, 2.45) is 0 Å². The van der Waals surface area contributed by atoms with E-state index in [1.54, 1.807) is 0 Å². The molecule has 0 aliphatic carbocycles. The fourth-order valence-electron chi connectivity index (χ4n) is 6.00. The van der Waals surface area contributed by atoms with Gasteiger partial charge in [0.25, 0.3) is 0 Å². The van der Waals surface area contributed by atoms with Crippen molar-refractivity contribution >= 4 is 11.7 Å². The number of hydrogen-bond acceptors (Lipinski definition) is 3. The molecule has 0 rings (SSSR count). The van der Waals surface area contributed by atoms with E-state index >= 15 is 0 Å². The van der Waals surface area contributed by atoms with Gasteiger partial charge in [0.2, 0.25) is 5.91 Å². The van der Waals surface area contributed by atoms with Crippen LogP contribution >= 0.6 is 0 Å². The van der Waals surface area contributed by atoms with Gasteiger partial charge in [-0.25, -0.2) is 0 Å². The minimum absolute atomic E-state index is 0.0173. The monoisotopic (exact) mass is 594 g/mol. The Morgan fingerprint density at radius 2 is 0.690 bits per heavy atom. The molecule has 0 spiro atoms. The summed E-state index contributed by atoms with van der Waals surface area (Å²) in [5.74, 6) is -0.106. The van der Waals surface area contributed by atoms with Crippen molar-refractivity contribution in [1.29, 1.82) is 0 Å². The Morgan fingerprint density at radius 3 is 0.976 bits per heavy atom. The molecule has 0 aromatic heterocycles. The van der Waals surface area contributed by atoms with Gasteiger partial charge in [0.05, 0.1) is 6.61 Å². The molecule has 4 nitrogen and oxygen atoms in total. The maximum atomic E-state index is 12.5. The van der Waals surface area contributed by atoms with Crippen LogP contribution in [0.1, 0.15) is 219 Å². The molecular formula is C38H75NO3. The fourth-order valence-corrected chi connectivity index (χ4v) is 6.00. The zero-order valence-electron chi connectivity index (χ0n) is 28.7. The van der Waals surface area contributed by atoms with Crippen LogP contribution in [0.4, 0.5) is 0 Å². The molecule has 0 aromatic rings. The van der Waals surface area contributed by atoms with Crippen LogP contribution in [-0.2, 0) is 9.59 Å². The molecule has 0 bridgehead atoms. The Balaban J connectivity index is 3.51. The number of rotatable bonds is 35. The average molecular weight is 594 g/mol. The van der Waals surface area contributed by atoms with Crippen molar-refractivity contribution in [3.05, 3.63) is 0 Å². The van der Waals surface area contributed by atoms with Gasteiger partial charge in [-0.2, -0.15) is 0 Å². The Morgan fingerprint density at radius 1 is 0.429 bits per heavy atom. The molecule has 1 atom stereocenters. The van der Waals surface area contributed by atoms with Crippen molar-refractivity contribution in [2.75, 3.05) is 6.61 Å². The molecule has 0 unspecified atom stereocenters. The minimum atomic E-state index is -0.722. The van der Waals surface area contributed by atoms with E-state index < -0.39 is 6.04 Å². The number of unbranched alkanes of at least 4 members (excludes halogenated alkanes) is 28. The number of ketones is 1. The first-order valence-corrected chi connectivity index (χ1v) is 19.1. The fraction of sp³-hybridized carbons (Fsp3) is 0.947. The lowest BCUT2D eigenvalue weighted by molar-refractivity contribution is -0.128. The summed E-state index contributed by atoms with van der Waals surface area (Å²) in [5.41, 5.74) is 0. The molecule has 0 aliphatic rings. The Bertz CT molecular complexity index is 565. The molecule has 0 radical (unpaired) electrons. The number of carbonyl (C=O) groups is 2. The van der Waals surface area contributed by atoms with Crippen LogP contribution in [0.5, 0.6) is 0 Å². The molecule has 42 heavy (non-hydrogen) atoms. The summed E-state index contributed by atoms with van der Waals surface area (Å²) in [6.45, 7) is 4.26. The average Bonchev–Trinajstić information content (AvgIpc) is 2.99. The molecule has 0 aromatic carbocycles. The number of Topliss-reactive ketones (excluding diaryl/α,β-unsaturated/α-hetero) is 1. The zero-order valence-corrected chi connectivity index (χ0v) is 28.7. The van der Waals surface area contributed by atoms with Crippen molar-refractivity contribution in [3.8, 4) is 0 Å². The summed E-state index contributed by atoms with van der Waals surface area (Å²) in [4.78, 5) is 24.8. The molecule has 0 aliphatic heterocycles. The Kier molecular flexibility index (Phi) is 33.8. The van der Waals surface area contributed by atoms with Crippen LogP contribution in [-0.4, -0.2) is 29.4 Å². The second-order valence-corrected chi connectivity index (χ2v) is 13.2. The number of amides is 1. The largest absolute Gasteiger partial charge is 0.394 e. The van der Waals surface area contributed by atoms with E-state index in [0.717, 1.165) is 25.7 Å². The standard InChI is InChI=1S/C38H75NO3/c1-3-5-7-9-11-13-15-17-18-19-20-22-24-26-28-30-32-34-38(42)39-36(35-40)37(41)33-31-29-27-25-23-21-16-14-12-10-8-6-4-2/h36,40H,3-35H2,1-2H3,(H,39,42)/t36-/m0/s1. The predicted molar refractivity (Wildman–Crippen MR) is 183 cm³/mol. The van der Waals surface area contributed by atoms with Gasteiger partial charge in [-0.05, 0) is 12.8 Å². The number of hydrogen-bond donors (Lipinski definition) is 2. The van der Waals surface area contributed by atoms with Crippen molar-refractivity contribution in [2.45, 2.75) is 225 Å². The third kappa shape index (κ3) is 30.6. The molecule has 2 N–H and O–H groups in total. The van der Waals surface area contributed by atoms with E-state index in [-0.39, 0.29) is 18.3 Å². The van der Waals surface area contributed by atoms with Gasteiger partial charge >= 0.3 is 0 Å². The summed E-state index contributed by atoms with van der Waals surface area (Å²) in [6, 6.07) is -0.722. The van der Waals surface area contributed by atoms with E-state index in [1.807, 2.05) is 0 Å². The quantitative estimate of drug-likeness (QED) is 0.0718. The van der Waals surface area contributed by atoms with Gasteiger partial charge in [-0.1, -0.05) is 194 Å². The van der Waals surface area contributed by atoms with Crippen molar-refractivity contribution < 1.29 is 14.7 Å². The molecule has 250 valence electrons. The highest BCUT2D eigenvalue weighted by Gasteiger charge is 2.19. The van der Waals surface area contributed by atoms with E-state index in [9.17, 15) is 14.7 Å². The van der Waals surface area contributed by atoms with Gasteiger partial charge in [-0.3, -0.25) is 9.59 Å². The first kappa shape index (κ1) is 41.1. The highest BCUT2D eigenvalue weighted by atomic mass is 16.3. The first-order valence-electron chi connectivity index (χ1n) is 19.1. The molecule has 0 saturated carbocycles. The number of aliphatic hydroxyl groups excluding tert-OH is 1. The molecule has 4 heteroatoms. The molecule has 0 fully saturated rings. The van der Waals surface area contributed by atoms with Gasteiger partial charge < -0.3 is 10.4 Å². The van der Waals surface area contributed by atoms with Crippen molar-refractivity contribution in [3.63, 3.8) is 0 Å². The van der Waals surface area contributed by atoms with Crippen LogP contribution in [0.3, 0.4) is 0 Å². The highest BCUT2D eigenvalue weighted by Crippen LogP contribution is 2.15. The highest BCUT2D eigenvalue weighted by molar-refractivity contribution is 5.89. The van der Waals surface area contributed by atoms with Crippen LogP contribution < -0.4 is 5.32 Å². The SMILES string of the molecule is CCCCCCCCCCCCCCCCCCCC(=O)N[C@@H](CO)C(=O)CCCCCCCCCCCCCCC. The summed E-state index contributed by atoms with van der Waals surface area (Å²) in [6.07, 6.45) is 40.1. The molecule has 0 saturated heterocycles. The topological polar surface area (TPSA) is 66.4 Å². The van der Waals surface area contributed by atoms with E-state index in [4.69, 9.17) is 0 Å². The Hall–Kier alpha value is -0.900. The zero-order chi connectivity index (χ0) is 30.8.